The molecule has 1 heteroatoms. The molecule has 1 aromatic rings. The molecule has 0 aliphatic heterocycles. The van der Waals surface area contributed by atoms with E-state index in [0.717, 1.165) is 0 Å². The Labute approximate surface area is 87.8 Å². The number of hydrogen-bond acceptors (Lipinski definition) is 0. The standard InChI is InChI=1S/C8H8.C4H6.H2S/c1-2-8-6-4-3-5-7-8;1-3-4-2;/h2-7H,1H2;3-4H,1-2H2;1H2. The van der Waals surface area contributed by atoms with Crippen molar-refractivity contribution in [3.8, 4) is 0 Å². The first-order valence-corrected chi connectivity index (χ1v) is 3.76. The van der Waals surface area contributed by atoms with E-state index in [1.807, 2.05) is 36.4 Å². The summed E-state index contributed by atoms with van der Waals surface area (Å²) in [4.78, 5) is 0. The smallest absolute Gasteiger partial charge is 0.0263 e. The zero-order chi connectivity index (χ0) is 9.23. The second-order valence-corrected chi connectivity index (χ2v) is 2.09. The maximum Gasteiger partial charge on any atom is -0.0263 e. The average molecular weight is 192 g/mol. The fraction of sp³-hybridized carbons (Fsp3) is 0. The van der Waals surface area contributed by atoms with Crippen LogP contribution in [0, 0.1) is 0 Å². The second-order valence-electron chi connectivity index (χ2n) is 2.09. The predicted octanol–water partition coefficient (Wildman–Crippen LogP) is 3.80. The zero-order valence-electron chi connectivity index (χ0n) is 7.74. The molecule has 0 nitrogen and oxygen atoms in total. The van der Waals surface area contributed by atoms with Gasteiger partial charge in [0.15, 0.2) is 0 Å². The van der Waals surface area contributed by atoms with Crippen molar-refractivity contribution in [2.24, 2.45) is 0 Å². The number of rotatable bonds is 2. The lowest BCUT2D eigenvalue weighted by atomic mass is 10.2. The number of allylic oxidation sites excluding steroid dienone is 2. The fourth-order valence-corrected chi connectivity index (χ4v) is 0.589. The molecule has 13 heavy (non-hydrogen) atoms. The Morgan fingerprint density at radius 1 is 0.846 bits per heavy atom. The Bertz CT molecular complexity index is 231. The highest BCUT2D eigenvalue weighted by Crippen LogP contribution is 1.97. The molecule has 0 radical (unpaired) electrons. The topological polar surface area (TPSA) is 0 Å². The molecule has 0 bridgehead atoms. The normalized spacial score (nSPS) is 6.77. The fourth-order valence-electron chi connectivity index (χ4n) is 0.589. The molecule has 0 amide bonds. The Morgan fingerprint density at radius 3 is 1.54 bits per heavy atom. The molecule has 1 aromatic carbocycles. The van der Waals surface area contributed by atoms with Gasteiger partial charge in [0.1, 0.15) is 0 Å². The molecule has 70 valence electrons. The van der Waals surface area contributed by atoms with Crippen LogP contribution >= 0.6 is 13.5 Å². The minimum atomic E-state index is 0. The van der Waals surface area contributed by atoms with Crippen molar-refractivity contribution in [3.05, 3.63) is 67.8 Å². The van der Waals surface area contributed by atoms with E-state index in [-0.39, 0.29) is 13.5 Å². The van der Waals surface area contributed by atoms with Crippen molar-refractivity contribution in [2.75, 3.05) is 0 Å². The van der Waals surface area contributed by atoms with Crippen molar-refractivity contribution < 1.29 is 0 Å². The summed E-state index contributed by atoms with van der Waals surface area (Å²) >= 11 is 0. The second kappa shape index (κ2) is 10.8. The molecule has 0 saturated carbocycles. The first kappa shape index (κ1) is 14.3. The first-order valence-electron chi connectivity index (χ1n) is 3.76. The van der Waals surface area contributed by atoms with E-state index >= 15 is 0 Å². The molecule has 0 N–H and O–H groups in total. The number of hydrogen-bond donors (Lipinski definition) is 0. The molecule has 1 rings (SSSR count). The van der Waals surface area contributed by atoms with Gasteiger partial charge in [-0.15, -0.1) is 0 Å². The molecule has 0 heterocycles. The predicted molar refractivity (Wildman–Crippen MR) is 67.3 cm³/mol. The van der Waals surface area contributed by atoms with Crippen LogP contribution in [-0.2, 0) is 0 Å². The van der Waals surface area contributed by atoms with Gasteiger partial charge in [-0.25, -0.2) is 0 Å². The molecule has 0 aromatic heterocycles. The lowest BCUT2D eigenvalue weighted by molar-refractivity contribution is 1.67. The Balaban J connectivity index is 0. The molecule has 0 unspecified atom stereocenters. The number of benzene rings is 1. The highest BCUT2D eigenvalue weighted by molar-refractivity contribution is 7.59. The van der Waals surface area contributed by atoms with Gasteiger partial charge in [-0.1, -0.05) is 68.3 Å². The van der Waals surface area contributed by atoms with Gasteiger partial charge in [-0.2, -0.15) is 13.5 Å². The van der Waals surface area contributed by atoms with Crippen LogP contribution in [0.1, 0.15) is 5.56 Å². The average Bonchev–Trinajstić information content (AvgIpc) is 2.19. The maximum atomic E-state index is 3.63. The zero-order valence-corrected chi connectivity index (χ0v) is 8.74. The molecule has 0 aliphatic carbocycles. The highest BCUT2D eigenvalue weighted by Gasteiger charge is 1.75. The van der Waals surface area contributed by atoms with Crippen LogP contribution in [0.3, 0.4) is 0 Å². The molecule has 0 atom stereocenters. The summed E-state index contributed by atoms with van der Waals surface area (Å²) in [5.74, 6) is 0. The van der Waals surface area contributed by atoms with Crippen LogP contribution < -0.4 is 0 Å². The molecular weight excluding hydrogens is 176 g/mol. The SMILES string of the molecule is C=CC=C.C=Cc1ccccc1.S. The third kappa shape index (κ3) is 8.70. The van der Waals surface area contributed by atoms with Crippen molar-refractivity contribution in [2.45, 2.75) is 0 Å². The summed E-state index contributed by atoms with van der Waals surface area (Å²) in [5.41, 5.74) is 1.17. The van der Waals surface area contributed by atoms with Gasteiger partial charge >= 0.3 is 0 Å². The van der Waals surface area contributed by atoms with Crippen molar-refractivity contribution in [1.82, 2.24) is 0 Å². The highest BCUT2D eigenvalue weighted by atomic mass is 32.1. The Kier molecular flexibility index (Phi) is 11.9. The van der Waals surface area contributed by atoms with Crippen LogP contribution in [0.4, 0.5) is 0 Å². The van der Waals surface area contributed by atoms with Crippen LogP contribution in [0.15, 0.2) is 62.2 Å². The summed E-state index contributed by atoms with van der Waals surface area (Å²) in [5, 5.41) is 0. The third-order valence-corrected chi connectivity index (χ3v) is 1.20. The quantitative estimate of drug-likeness (QED) is 0.625. The minimum Gasteiger partial charge on any atom is -0.197 e. The van der Waals surface area contributed by atoms with Crippen LogP contribution in [0.25, 0.3) is 6.08 Å². The molecule has 0 saturated heterocycles. The molecule has 0 fully saturated rings. The lowest BCUT2D eigenvalue weighted by Crippen LogP contribution is -1.63. The van der Waals surface area contributed by atoms with Gasteiger partial charge in [0, 0.05) is 0 Å². The van der Waals surface area contributed by atoms with E-state index < -0.39 is 0 Å². The van der Waals surface area contributed by atoms with Gasteiger partial charge in [-0.3, -0.25) is 0 Å². The maximum absolute atomic E-state index is 3.63. The summed E-state index contributed by atoms with van der Waals surface area (Å²) in [6, 6.07) is 10.0. The summed E-state index contributed by atoms with van der Waals surface area (Å²) < 4.78 is 0. The molecule has 0 spiro atoms. The van der Waals surface area contributed by atoms with Crippen LogP contribution in [-0.4, -0.2) is 0 Å². The van der Waals surface area contributed by atoms with Crippen LogP contribution in [0.5, 0.6) is 0 Å². The Morgan fingerprint density at radius 2 is 1.31 bits per heavy atom. The van der Waals surface area contributed by atoms with E-state index in [9.17, 15) is 0 Å². The summed E-state index contributed by atoms with van der Waals surface area (Å²) in [6.45, 7) is 10.4. The summed E-state index contributed by atoms with van der Waals surface area (Å²) in [7, 11) is 0. The van der Waals surface area contributed by atoms with E-state index in [1.54, 1.807) is 12.2 Å². The monoisotopic (exact) mass is 192 g/mol. The van der Waals surface area contributed by atoms with Crippen molar-refractivity contribution in [1.29, 1.82) is 0 Å². The molecular formula is C12H16S. The molecule has 0 aliphatic rings. The van der Waals surface area contributed by atoms with E-state index in [0.29, 0.717) is 0 Å². The summed E-state index contributed by atoms with van der Waals surface area (Å²) in [6.07, 6.45) is 5.11. The first-order chi connectivity index (χ1) is 5.85. The van der Waals surface area contributed by atoms with Crippen LogP contribution in [0.2, 0.25) is 0 Å². The van der Waals surface area contributed by atoms with Gasteiger partial charge in [0.25, 0.3) is 0 Å². The van der Waals surface area contributed by atoms with E-state index in [1.165, 1.54) is 5.56 Å². The van der Waals surface area contributed by atoms with Gasteiger partial charge in [0.05, 0.1) is 0 Å². The van der Waals surface area contributed by atoms with E-state index in [4.69, 9.17) is 0 Å². The van der Waals surface area contributed by atoms with Crippen molar-refractivity contribution >= 4 is 19.6 Å². The minimum absolute atomic E-state index is 0. The van der Waals surface area contributed by atoms with Gasteiger partial charge in [0.2, 0.25) is 0 Å². The van der Waals surface area contributed by atoms with Crippen molar-refractivity contribution in [3.63, 3.8) is 0 Å². The lowest BCUT2D eigenvalue weighted by Gasteiger charge is -1.85. The third-order valence-electron chi connectivity index (χ3n) is 1.20. The largest absolute Gasteiger partial charge is 0.197 e. The van der Waals surface area contributed by atoms with E-state index in [2.05, 4.69) is 19.7 Å². The van der Waals surface area contributed by atoms with Gasteiger partial charge < -0.3 is 0 Å². The Hall–Kier alpha value is -1.21. The van der Waals surface area contributed by atoms with Gasteiger partial charge in [-0.05, 0) is 5.56 Å².